The van der Waals surface area contributed by atoms with E-state index in [1.54, 1.807) is 55.2 Å². The number of hydrogen-bond acceptors (Lipinski definition) is 6. The van der Waals surface area contributed by atoms with Crippen molar-refractivity contribution in [3.8, 4) is 11.5 Å². The maximum absolute atomic E-state index is 12.7. The number of carbonyl (C=O) groups is 1. The summed E-state index contributed by atoms with van der Waals surface area (Å²) in [6.45, 7) is 0. The Morgan fingerprint density at radius 3 is 2.77 bits per heavy atom. The first-order valence-corrected chi connectivity index (χ1v) is 8.70. The van der Waals surface area contributed by atoms with Gasteiger partial charge in [-0.15, -0.1) is 11.3 Å². The van der Waals surface area contributed by atoms with Gasteiger partial charge in [-0.1, -0.05) is 12.1 Å². The van der Waals surface area contributed by atoms with Gasteiger partial charge in [0.05, 0.1) is 22.0 Å². The number of rotatable bonds is 3. The lowest BCUT2D eigenvalue weighted by molar-refractivity contribution is 0.102. The molecular formula is C18H13N5O2S. The number of nitrogens with one attached hydrogen (secondary N) is 1. The molecule has 3 heterocycles. The van der Waals surface area contributed by atoms with Crippen molar-refractivity contribution in [2.45, 2.75) is 0 Å². The zero-order chi connectivity index (χ0) is 18.1. The quantitative estimate of drug-likeness (QED) is 0.604. The lowest BCUT2D eigenvalue weighted by Crippen LogP contribution is -2.22. The standard InChI is InChI=1S/C18H13N5O2S/c1-23-16(13-9-26-10-20-13)22-15-11(5-4-6-12(15)18(23)25)17(24)21-14-7-2-3-8-19-14/h2-10H,1H3,(H,19,21,24). The van der Waals surface area contributed by atoms with E-state index in [-0.39, 0.29) is 11.5 Å². The van der Waals surface area contributed by atoms with Gasteiger partial charge in [0.25, 0.3) is 11.5 Å². The van der Waals surface area contributed by atoms with Gasteiger partial charge in [0.2, 0.25) is 0 Å². The maximum Gasteiger partial charge on any atom is 0.261 e. The molecule has 8 heteroatoms. The highest BCUT2D eigenvalue weighted by Gasteiger charge is 2.17. The molecule has 26 heavy (non-hydrogen) atoms. The summed E-state index contributed by atoms with van der Waals surface area (Å²) in [5.74, 6) is 0.471. The third-order valence-corrected chi connectivity index (χ3v) is 4.51. The SMILES string of the molecule is Cn1c(-c2cscn2)nc2c(C(=O)Nc3ccccn3)cccc2c1=O. The molecule has 0 radical (unpaired) electrons. The van der Waals surface area contributed by atoms with Gasteiger partial charge >= 0.3 is 0 Å². The highest BCUT2D eigenvalue weighted by atomic mass is 32.1. The number of benzene rings is 1. The van der Waals surface area contributed by atoms with Crippen LogP contribution >= 0.6 is 11.3 Å². The van der Waals surface area contributed by atoms with Crippen LogP contribution in [0.15, 0.2) is 58.3 Å². The van der Waals surface area contributed by atoms with Gasteiger partial charge in [-0.25, -0.2) is 15.0 Å². The molecule has 4 aromatic rings. The monoisotopic (exact) mass is 363 g/mol. The molecule has 0 fully saturated rings. The van der Waals surface area contributed by atoms with E-state index in [0.29, 0.717) is 33.8 Å². The number of carbonyl (C=O) groups excluding carboxylic acids is 1. The fourth-order valence-corrected chi connectivity index (χ4v) is 3.18. The summed E-state index contributed by atoms with van der Waals surface area (Å²) < 4.78 is 1.44. The van der Waals surface area contributed by atoms with Crippen LogP contribution in [0.25, 0.3) is 22.4 Å². The predicted octanol–water partition coefficient (Wildman–Crippen LogP) is 2.70. The topological polar surface area (TPSA) is 89.8 Å². The van der Waals surface area contributed by atoms with E-state index < -0.39 is 0 Å². The Bertz CT molecular complexity index is 1150. The van der Waals surface area contributed by atoms with E-state index in [1.807, 2.05) is 5.38 Å². The molecule has 3 aromatic heterocycles. The molecule has 7 nitrogen and oxygen atoms in total. The third kappa shape index (κ3) is 2.76. The van der Waals surface area contributed by atoms with Crippen molar-refractivity contribution in [1.82, 2.24) is 19.5 Å². The zero-order valence-corrected chi connectivity index (χ0v) is 14.5. The lowest BCUT2D eigenvalue weighted by Gasteiger charge is -2.10. The van der Waals surface area contributed by atoms with Crippen molar-refractivity contribution < 1.29 is 4.79 Å². The van der Waals surface area contributed by atoms with Gasteiger partial charge < -0.3 is 5.32 Å². The highest BCUT2D eigenvalue weighted by molar-refractivity contribution is 7.07. The Hall–Kier alpha value is -3.39. The molecule has 0 unspecified atom stereocenters. The van der Waals surface area contributed by atoms with E-state index in [1.165, 1.54) is 15.9 Å². The second-order valence-electron chi connectivity index (χ2n) is 5.54. The smallest absolute Gasteiger partial charge is 0.261 e. The Balaban J connectivity index is 1.88. The van der Waals surface area contributed by atoms with Crippen LogP contribution < -0.4 is 10.9 Å². The zero-order valence-electron chi connectivity index (χ0n) is 13.7. The first kappa shape index (κ1) is 16.1. The molecule has 0 aliphatic carbocycles. The normalized spacial score (nSPS) is 10.8. The summed E-state index contributed by atoms with van der Waals surface area (Å²) in [6.07, 6.45) is 1.59. The van der Waals surface area contributed by atoms with E-state index in [2.05, 4.69) is 20.3 Å². The van der Waals surface area contributed by atoms with Gasteiger partial charge in [0.1, 0.15) is 11.5 Å². The van der Waals surface area contributed by atoms with Crippen LogP contribution in [-0.4, -0.2) is 25.4 Å². The van der Waals surface area contributed by atoms with E-state index in [4.69, 9.17) is 0 Å². The Morgan fingerprint density at radius 2 is 2.04 bits per heavy atom. The van der Waals surface area contributed by atoms with Crippen LogP contribution in [-0.2, 0) is 7.05 Å². The molecule has 0 saturated heterocycles. The molecule has 0 aliphatic heterocycles. The minimum Gasteiger partial charge on any atom is -0.306 e. The first-order valence-electron chi connectivity index (χ1n) is 7.76. The molecule has 0 bridgehead atoms. The van der Waals surface area contributed by atoms with Crippen LogP contribution in [0.5, 0.6) is 0 Å². The van der Waals surface area contributed by atoms with Crippen molar-refractivity contribution >= 4 is 34.0 Å². The molecule has 0 spiro atoms. The van der Waals surface area contributed by atoms with Gasteiger partial charge in [-0.2, -0.15) is 0 Å². The number of para-hydroxylation sites is 1. The first-order chi connectivity index (χ1) is 12.6. The number of nitrogens with zero attached hydrogens (tertiary/aromatic N) is 4. The molecule has 0 saturated carbocycles. The van der Waals surface area contributed by atoms with Crippen LogP contribution in [0.3, 0.4) is 0 Å². The summed E-state index contributed by atoms with van der Waals surface area (Å²) in [7, 11) is 1.64. The van der Waals surface area contributed by atoms with Crippen LogP contribution in [0.4, 0.5) is 5.82 Å². The van der Waals surface area contributed by atoms with Crippen molar-refractivity contribution in [3.05, 3.63) is 69.4 Å². The van der Waals surface area contributed by atoms with Gasteiger partial charge in [-0.3, -0.25) is 14.2 Å². The van der Waals surface area contributed by atoms with Gasteiger partial charge in [0, 0.05) is 18.6 Å². The van der Waals surface area contributed by atoms with Crippen LogP contribution in [0.2, 0.25) is 0 Å². The highest BCUT2D eigenvalue weighted by Crippen LogP contribution is 2.21. The number of fused-ring (bicyclic) bond motifs is 1. The molecule has 0 atom stereocenters. The Kier molecular flexibility index (Phi) is 4.02. The van der Waals surface area contributed by atoms with E-state index in [9.17, 15) is 9.59 Å². The minimum absolute atomic E-state index is 0.231. The van der Waals surface area contributed by atoms with E-state index >= 15 is 0 Å². The molecule has 4 rings (SSSR count). The number of anilines is 1. The Labute approximate surface area is 152 Å². The van der Waals surface area contributed by atoms with E-state index in [0.717, 1.165) is 0 Å². The second kappa shape index (κ2) is 6.49. The number of aromatic nitrogens is 4. The maximum atomic E-state index is 12.7. The summed E-state index contributed by atoms with van der Waals surface area (Å²) in [4.78, 5) is 38.3. The van der Waals surface area contributed by atoms with Crippen LogP contribution in [0.1, 0.15) is 10.4 Å². The third-order valence-electron chi connectivity index (χ3n) is 3.92. The summed E-state index contributed by atoms with van der Waals surface area (Å²) >= 11 is 1.41. The molecule has 0 aliphatic rings. The summed E-state index contributed by atoms with van der Waals surface area (Å²) in [5, 5.41) is 4.91. The van der Waals surface area contributed by atoms with Gasteiger partial charge in [0.15, 0.2) is 5.82 Å². The van der Waals surface area contributed by atoms with Crippen molar-refractivity contribution in [1.29, 1.82) is 0 Å². The summed E-state index contributed by atoms with van der Waals surface area (Å²) in [6, 6.07) is 10.2. The molecule has 1 aromatic carbocycles. The largest absolute Gasteiger partial charge is 0.306 e. The average Bonchev–Trinajstić information content (AvgIpc) is 3.19. The second-order valence-corrected chi connectivity index (χ2v) is 6.26. The Morgan fingerprint density at radius 1 is 1.15 bits per heavy atom. The fraction of sp³-hybridized carbons (Fsp3) is 0.0556. The summed E-state index contributed by atoms with van der Waals surface area (Å²) in [5.41, 5.74) is 2.68. The minimum atomic E-state index is -0.376. The number of amides is 1. The predicted molar refractivity (Wildman–Crippen MR) is 100 cm³/mol. The number of pyridine rings is 1. The van der Waals surface area contributed by atoms with Crippen LogP contribution in [0, 0.1) is 0 Å². The molecule has 1 amide bonds. The van der Waals surface area contributed by atoms with Crippen molar-refractivity contribution in [3.63, 3.8) is 0 Å². The van der Waals surface area contributed by atoms with Gasteiger partial charge in [-0.05, 0) is 24.3 Å². The molecular weight excluding hydrogens is 350 g/mol. The molecule has 128 valence electrons. The van der Waals surface area contributed by atoms with Crippen molar-refractivity contribution in [2.24, 2.45) is 7.05 Å². The number of thiazole rings is 1. The average molecular weight is 363 g/mol. The fourth-order valence-electron chi connectivity index (χ4n) is 2.65. The lowest BCUT2D eigenvalue weighted by atomic mass is 10.1. The van der Waals surface area contributed by atoms with Crippen molar-refractivity contribution in [2.75, 3.05) is 5.32 Å². The number of hydrogen-bond donors (Lipinski definition) is 1. The molecule has 1 N–H and O–H groups in total.